The van der Waals surface area contributed by atoms with Gasteiger partial charge in [0.1, 0.15) is 11.5 Å². The first kappa shape index (κ1) is 18.8. The van der Waals surface area contributed by atoms with Crippen LogP contribution in [0.4, 0.5) is 0 Å². The quantitative estimate of drug-likeness (QED) is 0.816. The molecular weight excluding hydrogens is 330 g/mol. The molecule has 2 aliphatic rings. The second-order valence-electron chi connectivity index (χ2n) is 7.32. The number of nitrogens with two attached hydrogens (primary N) is 1. The molecule has 1 atom stereocenters. The summed E-state index contributed by atoms with van der Waals surface area (Å²) in [5.74, 6) is 0.972. The number of rotatable bonds is 5. The highest BCUT2D eigenvalue weighted by molar-refractivity contribution is 5.93. The van der Waals surface area contributed by atoms with Crippen LogP contribution in [-0.2, 0) is 14.9 Å². The molecule has 1 unspecified atom stereocenters. The summed E-state index contributed by atoms with van der Waals surface area (Å²) in [6, 6.07) is 4.23. The highest BCUT2D eigenvalue weighted by Crippen LogP contribution is 2.54. The molecule has 26 heavy (non-hydrogen) atoms. The number of methoxy groups -OCH3 is 2. The van der Waals surface area contributed by atoms with E-state index in [0.717, 1.165) is 48.3 Å². The highest BCUT2D eigenvalue weighted by atomic mass is 16.5. The largest absolute Gasteiger partial charge is 0.497 e. The topological polar surface area (TPSA) is 70.8 Å². The Hall–Kier alpha value is -2.01. The fraction of sp³-hybridized carbons (Fsp3) is 0.571. The number of carbonyl (C=O) groups is 1. The summed E-state index contributed by atoms with van der Waals surface area (Å²) in [7, 11) is 3.32. The minimum absolute atomic E-state index is 0.108. The van der Waals surface area contributed by atoms with Crippen LogP contribution >= 0.6 is 0 Å². The normalized spacial score (nSPS) is 25.4. The molecule has 0 aromatic heterocycles. The Balaban J connectivity index is 2.13. The summed E-state index contributed by atoms with van der Waals surface area (Å²) in [6.45, 7) is 4.12. The van der Waals surface area contributed by atoms with Gasteiger partial charge in [-0.2, -0.15) is 0 Å². The van der Waals surface area contributed by atoms with Gasteiger partial charge in [0.2, 0.25) is 0 Å². The molecule has 2 N–H and O–H groups in total. The molecular formula is C21H29NO4. The number of hydrogen-bond donors (Lipinski definition) is 1. The molecule has 3 rings (SSSR count). The van der Waals surface area contributed by atoms with Crippen molar-refractivity contribution >= 4 is 11.5 Å². The van der Waals surface area contributed by atoms with Crippen molar-refractivity contribution in [1.82, 2.24) is 0 Å². The summed E-state index contributed by atoms with van der Waals surface area (Å²) in [6.07, 6.45) is 6.15. The van der Waals surface area contributed by atoms with E-state index < -0.39 is 0 Å². The number of allylic oxidation sites excluding steroid dienone is 1. The van der Waals surface area contributed by atoms with E-state index in [2.05, 4.69) is 12.1 Å². The molecule has 1 aromatic rings. The lowest BCUT2D eigenvalue weighted by Crippen LogP contribution is -2.34. The molecule has 5 heteroatoms. The molecule has 1 saturated carbocycles. The summed E-state index contributed by atoms with van der Waals surface area (Å²) in [5, 5.41) is 0. The van der Waals surface area contributed by atoms with Crippen LogP contribution in [0, 0.1) is 5.92 Å². The molecule has 1 spiro atoms. The van der Waals surface area contributed by atoms with Gasteiger partial charge in [-0.15, -0.1) is 0 Å². The van der Waals surface area contributed by atoms with Gasteiger partial charge in [0.05, 0.1) is 26.7 Å². The van der Waals surface area contributed by atoms with Crippen molar-refractivity contribution < 1.29 is 19.0 Å². The summed E-state index contributed by atoms with van der Waals surface area (Å²) < 4.78 is 16.5. The third kappa shape index (κ3) is 3.09. The fourth-order valence-electron chi connectivity index (χ4n) is 4.31. The SMILES string of the molecule is CCOC(=O)C(C)C1=CC2(CCC(N)CC2)c2cc(OC)cc(OC)c21. The van der Waals surface area contributed by atoms with Crippen molar-refractivity contribution in [2.75, 3.05) is 20.8 Å². The predicted octanol–water partition coefficient (Wildman–Crippen LogP) is 3.44. The van der Waals surface area contributed by atoms with Gasteiger partial charge in [0.25, 0.3) is 0 Å². The van der Waals surface area contributed by atoms with Gasteiger partial charge < -0.3 is 19.9 Å². The smallest absolute Gasteiger partial charge is 0.313 e. The van der Waals surface area contributed by atoms with Crippen LogP contribution in [0.2, 0.25) is 0 Å². The number of hydrogen-bond acceptors (Lipinski definition) is 5. The number of carbonyl (C=O) groups excluding carboxylic acids is 1. The molecule has 0 amide bonds. The Morgan fingerprint density at radius 3 is 2.54 bits per heavy atom. The van der Waals surface area contributed by atoms with Gasteiger partial charge in [-0.25, -0.2) is 0 Å². The summed E-state index contributed by atoms with van der Waals surface area (Å²) in [4.78, 5) is 12.4. The Labute approximate surface area is 155 Å². The van der Waals surface area contributed by atoms with Crippen molar-refractivity contribution in [1.29, 1.82) is 0 Å². The number of benzene rings is 1. The lowest BCUT2D eigenvalue weighted by atomic mass is 9.69. The Morgan fingerprint density at radius 1 is 1.27 bits per heavy atom. The molecule has 0 aliphatic heterocycles. The van der Waals surface area contributed by atoms with Crippen molar-refractivity contribution in [2.24, 2.45) is 11.7 Å². The maximum absolute atomic E-state index is 12.4. The van der Waals surface area contributed by atoms with Crippen LogP contribution in [-0.4, -0.2) is 32.8 Å². The zero-order valence-electron chi connectivity index (χ0n) is 16.1. The van der Waals surface area contributed by atoms with Crippen LogP contribution in [0.1, 0.15) is 50.7 Å². The van der Waals surface area contributed by atoms with Crippen molar-refractivity contribution in [2.45, 2.75) is 51.0 Å². The first-order chi connectivity index (χ1) is 12.5. The van der Waals surface area contributed by atoms with Crippen molar-refractivity contribution in [3.63, 3.8) is 0 Å². The monoisotopic (exact) mass is 359 g/mol. The third-order valence-corrected chi connectivity index (χ3v) is 5.82. The van der Waals surface area contributed by atoms with Gasteiger partial charge in [0.15, 0.2) is 0 Å². The molecule has 0 bridgehead atoms. The van der Waals surface area contributed by atoms with Crippen LogP contribution in [0.25, 0.3) is 5.57 Å². The van der Waals surface area contributed by atoms with E-state index in [9.17, 15) is 4.79 Å². The van der Waals surface area contributed by atoms with Crippen LogP contribution in [0.15, 0.2) is 18.2 Å². The molecule has 1 aromatic carbocycles. The minimum atomic E-state index is -0.342. The summed E-state index contributed by atoms with van der Waals surface area (Å²) in [5.41, 5.74) is 9.25. The molecule has 0 saturated heterocycles. The van der Waals surface area contributed by atoms with Gasteiger partial charge in [-0.3, -0.25) is 4.79 Å². The average molecular weight is 359 g/mol. The van der Waals surface area contributed by atoms with Crippen LogP contribution in [0.3, 0.4) is 0 Å². The maximum atomic E-state index is 12.4. The van der Waals surface area contributed by atoms with Crippen molar-refractivity contribution in [3.05, 3.63) is 29.3 Å². The number of esters is 1. The Kier molecular flexibility index (Phi) is 5.28. The second kappa shape index (κ2) is 7.31. The van der Waals surface area contributed by atoms with E-state index in [-0.39, 0.29) is 23.3 Å². The average Bonchev–Trinajstić information content (AvgIpc) is 2.97. The molecule has 1 fully saturated rings. The third-order valence-electron chi connectivity index (χ3n) is 5.82. The van der Waals surface area contributed by atoms with E-state index in [1.165, 1.54) is 5.56 Å². The molecule has 0 heterocycles. The second-order valence-corrected chi connectivity index (χ2v) is 7.32. The van der Waals surface area contributed by atoms with E-state index in [4.69, 9.17) is 19.9 Å². The van der Waals surface area contributed by atoms with Gasteiger partial charge in [-0.05, 0) is 56.7 Å². The maximum Gasteiger partial charge on any atom is 0.313 e. The van der Waals surface area contributed by atoms with E-state index in [1.807, 2.05) is 19.9 Å². The van der Waals surface area contributed by atoms with E-state index in [0.29, 0.717) is 6.61 Å². The first-order valence-electron chi connectivity index (χ1n) is 9.37. The van der Waals surface area contributed by atoms with E-state index >= 15 is 0 Å². The minimum Gasteiger partial charge on any atom is -0.497 e. The standard InChI is InChI=1S/C21H29NO4/c1-5-26-20(23)13(2)16-12-21(8-6-14(22)7-9-21)17-10-15(24-3)11-18(25-4)19(16)17/h10-14H,5-9,22H2,1-4H3. The number of ether oxygens (including phenoxy) is 3. The van der Waals surface area contributed by atoms with Crippen LogP contribution in [0.5, 0.6) is 11.5 Å². The number of fused-ring (bicyclic) bond motifs is 2. The lowest BCUT2D eigenvalue weighted by molar-refractivity contribution is -0.145. The highest BCUT2D eigenvalue weighted by Gasteiger charge is 2.44. The molecule has 2 aliphatic carbocycles. The molecule has 0 radical (unpaired) electrons. The lowest BCUT2D eigenvalue weighted by Gasteiger charge is -2.36. The zero-order valence-corrected chi connectivity index (χ0v) is 16.1. The first-order valence-corrected chi connectivity index (χ1v) is 9.37. The Bertz CT molecular complexity index is 717. The fourth-order valence-corrected chi connectivity index (χ4v) is 4.31. The van der Waals surface area contributed by atoms with Gasteiger partial charge >= 0.3 is 5.97 Å². The molecule has 5 nitrogen and oxygen atoms in total. The van der Waals surface area contributed by atoms with Crippen LogP contribution < -0.4 is 15.2 Å². The van der Waals surface area contributed by atoms with Gasteiger partial charge in [-0.1, -0.05) is 6.08 Å². The van der Waals surface area contributed by atoms with Gasteiger partial charge in [0, 0.05) is 23.1 Å². The summed E-state index contributed by atoms with van der Waals surface area (Å²) >= 11 is 0. The van der Waals surface area contributed by atoms with E-state index in [1.54, 1.807) is 14.2 Å². The predicted molar refractivity (Wildman–Crippen MR) is 101 cm³/mol. The zero-order chi connectivity index (χ0) is 18.9. The Morgan fingerprint density at radius 2 is 1.96 bits per heavy atom. The molecule has 142 valence electrons. The van der Waals surface area contributed by atoms with Crippen molar-refractivity contribution in [3.8, 4) is 11.5 Å².